The second-order valence-corrected chi connectivity index (χ2v) is 5.89. The fraction of sp³-hybridized carbons (Fsp3) is 0.300. The van der Waals surface area contributed by atoms with Crippen molar-refractivity contribution >= 4 is 27.3 Å². The van der Waals surface area contributed by atoms with Gasteiger partial charge in [-0.25, -0.2) is 4.98 Å². The van der Waals surface area contributed by atoms with Crippen LogP contribution in [0.5, 0.6) is 0 Å². The van der Waals surface area contributed by atoms with Gasteiger partial charge in [0.2, 0.25) is 0 Å². The van der Waals surface area contributed by atoms with Gasteiger partial charge in [0.25, 0.3) is 0 Å². The van der Waals surface area contributed by atoms with E-state index in [0.29, 0.717) is 6.54 Å². The molecule has 2 aromatic heterocycles. The van der Waals surface area contributed by atoms with Crippen molar-refractivity contribution in [2.24, 2.45) is 5.73 Å². The molecule has 2 heterocycles. The first-order valence-corrected chi connectivity index (χ1v) is 6.32. The molecule has 3 nitrogen and oxygen atoms in total. The maximum atomic E-state index is 5.59. The summed E-state index contributed by atoms with van der Waals surface area (Å²) in [6, 6.07) is 4.10. The zero-order valence-corrected chi connectivity index (χ0v) is 10.7. The van der Waals surface area contributed by atoms with Gasteiger partial charge in [0.1, 0.15) is 5.82 Å². The van der Waals surface area contributed by atoms with Gasteiger partial charge in [-0.1, -0.05) is 6.92 Å². The number of rotatable bonds is 3. The molecule has 0 aliphatic carbocycles. The van der Waals surface area contributed by atoms with E-state index in [0.717, 1.165) is 15.3 Å². The summed E-state index contributed by atoms with van der Waals surface area (Å²) in [6.45, 7) is 2.67. The Hall–Kier alpha value is -0.650. The van der Waals surface area contributed by atoms with Crippen LogP contribution in [0.2, 0.25) is 0 Å². The molecule has 2 rings (SSSR count). The van der Waals surface area contributed by atoms with Gasteiger partial charge in [0.05, 0.1) is 20.6 Å². The van der Waals surface area contributed by atoms with Gasteiger partial charge in [0.15, 0.2) is 0 Å². The summed E-state index contributed by atoms with van der Waals surface area (Å²) in [7, 11) is 0. The third-order valence-corrected chi connectivity index (χ3v) is 3.91. The number of imidazole rings is 1. The Labute approximate surface area is 101 Å². The number of aromatic amines is 1. The number of nitrogens with two attached hydrogens (primary N) is 1. The topological polar surface area (TPSA) is 54.7 Å². The lowest BCUT2D eigenvalue weighted by Gasteiger charge is -2.02. The Balaban J connectivity index is 2.27. The Morgan fingerprint density at radius 1 is 1.60 bits per heavy atom. The zero-order valence-electron chi connectivity index (χ0n) is 8.33. The minimum atomic E-state index is 0.280. The van der Waals surface area contributed by atoms with Gasteiger partial charge in [-0.05, 0) is 28.1 Å². The van der Waals surface area contributed by atoms with Crippen LogP contribution < -0.4 is 5.73 Å². The molecule has 5 heteroatoms. The molecular weight excluding hydrogens is 274 g/mol. The molecule has 0 aliphatic rings. The smallest absolute Gasteiger partial charge is 0.110 e. The summed E-state index contributed by atoms with van der Waals surface area (Å²) in [5, 5.41) is 0. The summed E-state index contributed by atoms with van der Waals surface area (Å²) in [5.41, 5.74) is 6.65. The first-order chi connectivity index (χ1) is 7.20. The van der Waals surface area contributed by atoms with Gasteiger partial charge in [0, 0.05) is 12.5 Å². The van der Waals surface area contributed by atoms with Crippen molar-refractivity contribution in [3.63, 3.8) is 0 Å². The Morgan fingerprint density at radius 3 is 3.00 bits per heavy atom. The largest absolute Gasteiger partial charge is 0.341 e. The monoisotopic (exact) mass is 285 g/mol. The third kappa shape index (κ3) is 2.30. The van der Waals surface area contributed by atoms with E-state index in [1.165, 1.54) is 4.88 Å². The fourth-order valence-electron chi connectivity index (χ4n) is 1.28. The maximum Gasteiger partial charge on any atom is 0.110 e. The van der Waals surface area contributed by atoms with E-state index in [2.05, 4.69) is 38.9 Å². The van der Waals surface area contributed by atoms with Crippen molar-refractivity contribution < 1.29 is 0 Å². The van der Waals surface area contributed by atoms with E-state index < -0.39 is 0 Å². The highest BCUT2D eigenvalue weighted by molar-refractivity contribution is 9.11. The number of hydrogen-bond donors (Lipinski definition) is 2. The minimum absolute atomic E-state index is 0.280. The number of aromatic nitrogens is 2. The van der Waals surface area contributed by atoms with Crippen LogP contribution >= 0.6 is 27.3 Å². The summed E-state index contributed by atoms with van der Waals surface area (Å²) in [6.07, 6.45) is 1.86. The average molecular weight is 286 g/mol. The van der Waals surface area contributed by atoms with E-state index in [4.69, 9.17) is 5.73 Å². The number of thiophene rings is 1. The van der Waals surface area contributed by atoms with Crippen molar-refractivity contribution in [2.75, 3.05) is 6.54 Å². The van der Waals surface area contributed by atoms with E-state index in [9.17, 15) is 0 Å². The SMILES string of the molecule is CC(CN)c1ncc(-c2ccc(Br)s2)[nH]1. The van der Waals surface area contributed by atoms with Crippen molar-refractivity contribution in [1.29, 1.82) is 0 Å². The van der Waals surface area contributed by atoms with E-state index >= 15 is 0 Å². The molecule has 2 aromatic rings. The molecule has 1 atom stereocenters. The van der Waals surface area contributed by atoms with E-state index in [-0.39, 0.29) is 5.92 Å². The molecule has 0 spiro atoms. The van der Waals surface area contributed by atoms with Gasteiger partial charge < -0.3 is 10.7 Å². The molecule has 0 bridgehead atoms. The highest BCUT2D eigenvalue weighted by Gasteiger charge is 2.09. The molecule has 3 N–H and O–H groups in total. The Kier molecular flexibility index (Phi) is 3.23. The lowest BCUT2D eigenvalue weighted by Crippen LogP contribution is -2.10. The summed E-state index contributed by atoms with van der Waals surface area (Å²) < 4.78 is 1.13. The Morgan fingerprint density at radius 2 is 2.40 bits per heavy atom. The van der Waals surface area contributed by atoms with E-state index in [1.807, 2.05) is 12.3 Å². The standard InChI is InChI=1S/C10H12BrN3S/c1-6(4-12)10-13-5-7(14-10)8-2-3-9(11)15-8/h2-3,5-6H,4,12H2,1H3,(H,13,14). The normalized spacial score (nSPS) is 13.0. The maximum absolute atomic E-state index is 5.59. The predicted octanol–water partition coefficient (Wildman–Crippen LogP) is 2.96. The average Bonchev–Trinajstić information content (AvgIpc) is 2.84. The van der Waals surface area contributed by atoms with Crippen molar-refractivity contribution in [2.45, 2.75) is 12.8 Å². The molecule has 0 saturated heterocycles. The molecule has 0 radical (unpaired) electrons. The molecule has 80 valence electrons. The third-order valence-electron chi connectivity index (χ3n) is 2.25. The minimum Gasteiger partial charge on any atom is -0.341 e. The van der Waals surface area contributed by atoms with Gasteiger partial charge in [-0.2, -0.15) is 0 Å². The molecule has 0 aliphatic heterocycles. The van der Waals surface area contributed by atoms with Gasteiger partial charge in [-0.3, -0.25) is 0 Å². The molecule has 0 amide bonds. The van der Waals surface area contributed by atoms with Crippen molar-refractivity contribution in [3.05, 3.63) is 27.9 Å². The van der Waals surface area contributed by atoms with Gasteiger partial charge in [-0.15, -0.1) is 11.3 Å². The Bertz CT molecular complexity index is 449. The predicted molar refractivity (Wildman–Crippen MR) is 67.1 cm³/mol. The van der Waals surface area contributed by atoms with Crippen LogP contribution in [0.1, 0.15) is 18.7 Å². The summed E-state index contributed by atoms with van der Waals surface area (Å²) in [5.74, 6) is 1.24. The highest BCUT2D eigenvalue weighted by atomic mass is 79.9. The van der Waals surface area contributed by atoms with Crippen LogP contribution in [0.25, 0.3) is 10.6 Å². The quantitative estimate of drug-likeness (QED) is 0.911. The van der Waals surface area contributed by atoms with Crippen LogP contribution in [0, 0.1) is 0 Å². The van der Waals surface area contributed by atoms with Crippen LogP contribution in [-0.4, -0.2) is 16.5 Å². The summed E-state index contributed by atoms with van der Waals surface area (Å²) >= 11 is 5.13. The van der Waals surface area contributed by atoms with Crippen LogP contribution in [0.4, 0.5) is 0 Å². The lowest BCUT2D eigenvalue weighted by atomic mass is 10.2. The van der Waals surface area contributed by atoms with Crippen molar-refractivity contribution in [3.8, 4) is 10.6 Å². The van der Waals surface area contributed by atoms with E-state index in [1.54, 1.807) is 11.3 Å². The zero-order chi connectivity index (χ0) is 10.8. The molecular formula is C10H12BrN3S. The fourth-order valence-corrected chi connectivity index (χ4v) is 2.63. The summed E-state index contributed by atoms with van der Waals surface area (Å²) in [4.78, 5) is 8.81. The number of hydrogen-bond acceptors (Lipinski definition) is 3. The van der Waals surface area contributed by atoms with Crippen LogP contribution in [0.3, 0.4) is 0 Å². The molecule has 0 aromatic carbocycles. The number of halogens is 1. The highest BCUT2D eigenvalue weighted by Crippen LogP contribution is 2.30. The molecule has 1 unspecified atom stereocenters. The lowest BCUT2D eigenvalue weighted by molar-refractivity contribution is 0.725. The first kappa shape index (κ1) is 10.9. The number of nitrogens with one attached hydrogen (secondary N) is 1. The van der Waals surface area contributed by atoms with Crippen LogP contribution in [0.15, 0.2) is 22.1 Å². The van der Waals surface area contributed by atoms with Crippen LogP contribution in [-0.2, 0) is 0 Å². The molecule has 15 heavy (non-hydrogen) atoms. The molecule has 0 fully saturated rings. The first-order valence-electron chi connectivity index (χ1n) is 4.71. The second kappa shape index (κ2) is 4.47. The number of nitrogens with zero attached hydrogens (tertiary/aromatic N) is 1. The second-order valence-electron chi connectivity index (χ2n) is 3.42. The van der Waals surface area contributed by atoms with Crippen molar-refractivity contribution in [1.82, 2.24) is 9.97 Å². The molecule has 0 saturated carbocycles. The van der Waals surface area contributed by atoms with Gasteiger partial charge >= 0.3 is 0 Å². The number of H-pyrrole nitrogens is 1.